The van der Waals surface area contributed by atoms with Gasteiger partial charge in [0.1, 0.15) is 0 Å². The lowest BCUT2D eigenvalue weighted by Gasteiger charge is -2.18. The molecule has 1 aromatic carbocycles. The molecule has 0 aliphatic carbocycles. The molecule has 72 valence electrons. The maximum absolute atomic E-state index is 11.4. The van der Waals surface area contributed by atoms with Crippen molar-refractivity contribution in [3.8, 4) is 6.07 Å². The van der Waals surface area contributed by atoms with Crippen LogP contribution in [-0.2, 0) is 14.9 Å². The topological polar surface area (TPSA) is 50.1 Å². The number of hydrogen-bond donors (Lipinski definition) is 0. The summed E-state index contributed by atoms with van der Waals surface area (Å²) in [6.45, 7) is 1.55. The number of nitriles is 1. The first-order valence-corrected chi connectivity index (χ1v) is 4.20. The first-order chi connectivity index (χ1) is 6.65. The van der Waals surface area contributed by atoms with E-state index < -0.39 is 11.4 Å². The summed E-state index contributed by atoms with van der Waals surface area (Å²) in [5.74, 6) is -0.536. The second kappa shape index (κ2) is 3.93. The SMILES string of the molecule is COC(=O)[C@](C)(C#N)c1ccccc1. The number of ether oxygens (including phenoxy) is 1. The van der Waals surface area contributed by atoms with Crippen molar-refractivity contribution in [1.82, 2.24) is 0 Å². The number of carbonyl (C=O) groups excluding carboxylic acids is 1. The number of benzene rings is 1. The number of hydrogen-bond acceptors (Lipinski definition) is 3. The molecule has 1 atom stereocenters. The third-order valence-corrected chi connectivity index (χ3v) is 2.17. The fourth-order valence-electron chi connectivity index (χ4n) is 1.20. The lowest BCUT2D eigenvalue weighted by atomic mass is 9.84. The van der Waals surface area contributed by atoms with Crippen LogP contribution in [0.4, 0.5) is 0 Å². The molecule has 1 aromatic rings. The molecule has 0 aliphatic heterocycles. The third-order valence-electron chi connectivity index (χ3n) is 2.17. The van der Waals surface area contributed by atoms with E-state index in [2.05, 4.69) is 4.74 Å². The highest BCUT2D eigenvalue weighted by Gasteiger charge is 2.36. The van der Waals surface area contributed by atoms with E-state index in [0.717, 1.165) is 0 Å². The highest BCUT2D eigenvalue weighted by molar-refractivity contribution is 5.86. The molecule has 0 spiro atoms. The zero-order chi connectivity index (χ0) is 10.6. The number of rotatable bonds is 2. The molecule has 14 heavy (non-hydrogen) atoms. The molecule has 0 bridgehead atoms. The maximum Gasteiger partial charge on any atom is 0.330 e. The molecule has 3 heteroatoms. The van der Waals surface area contributed by atoms with Crippen LogP contribution in [0.2, 0.25) is 0 Å². The molecule has 0 saturated carbocycles. The van der Waals surface area contributed by atoms with Crippen LogP contribution in [-0.4, -0.2) is 13.1 Å². The Labute approximate surface area is 82.9 Å². The lowest BCUT2D eigenvalue weighted by Crippen LogP contribution is -2.31. The monoisotopic (exact) mass is 189 g/mol. The van der Waals surface area contributed by atoms with Gasteiger partial charge in [-0.25, -0.2) is 4.79 Å². The second-order valence-corrected chi connectivity index (χ2v) is 3.09. The van der Waals surface area contributed by atoms with Gasteiger partial charge in [0.05, 0.1) is 13.2 Å². The number of esters is 1. The molecule has 0 N–H and O–H groups in total. The quantitative estimate of drug-likeness (QED) is 0.664. The Balaban J connectivity index is 3.17. The van der Waals surface area contributed by atoms with E-state index in [1.54, 1.807) is 31.2 Å². The Kier molecular flexibility index (Phi) is 2.88. The van der Waals surface area contributed by atoms with Gasteiger partial charge in [-0.2, -0.15) is 5.26 Å². The summed E-state index contributed by atoms with van der Waals surface area (Å²) >= 11 is 0. The van der Waals surface area contributed by atoms with E-state index in [4.69, 9.17) is 5.26 Å². The number of nitrogens with zero attached hydrogens (tertiary/aromatic N) is 1. The molecular formula is C11H11NO2. The second-order valence-electron chi connectivity index (χ2n) is 3.09. The predicted octanol–water partition coefficient (Wildman–Crippen LogP) is 1.64. The molecule has 0 fully saturated rings. The average Bonchev–Trinajstić information content (AvgIpc) is 2.28. The summed E-state index contributed by atoms with van der Waals surface area (Å²) < 4.78 is 4.60. The normalized spacial score (nSPS) is 13.8. The fourth-order valence-corrected chi connectivity index (χ4v) is 1.20. The largest absolute Gasteiger partial charge is 0.468 e. The summed E-state index contributed by atoms with van der Waals surface area (Å²) in [7, 11) is 1.28. The van der Waals surface area contributed by atoms with Crippen LogP contribution in [0.1, 0.15) is 12.5 Å². The van der Waals surface area contributed by atoms with Crippen molar-refractivity contribution < 1.29 is 9.53 Å². The Morgan fingerprint density at radius 1 is 1.43 bits per heavy atom. The number of carbonyl (C=O) groups is 1. The van der Waals surface area contributed by atoms with Crippen LogP contribution < -0.4 is 0 Å². The van der Waals surface area contributed by atoms with Crippen LogP contribution in [0.5, 0.6) is 0 Å². The minimum absolute atomic E-state index is 0.536. The number of methoxy groups -OCH3 is 1. The van der Waals surface area contributed by atoms with Crippen LogP contribution in [0.15, 0.2) is 30.3 Å². The predicted molar refractivity (Wildman–Crippen MR) is 51.4 cm³/mol. The van der Waals surface area contributed by atoms with Gasteiger partial charge >= 0.3 is 5.97 Å². The van der Waals surface area contributed by atoms with Gasteiger partial charge in [0.2, 0.25) is 0 Å². The Hall–Kier alpha value is -1.82. The van der Waals surface area contributed by atoms with Crippen molar-refractivity contribution in [2.24, 2.45) is 0 Å². The minimum atomic E-state index is -1.21. The first kappa shape index (κ1) is 10.3. The van der Waals surface area contributed by atoms with E-state index in [1.165, 1.54) is 7.11 Å². The molecule has 3 nitrogen and oxygen atoms in total. The van der Waals surface area contributed by atoms with Crippen LogP contribution in [0, 0.1) is 11.3 Å². The highest BCUT2D eigenvalue weighted by Crippen LogP contribution is 2.23. The Morgan fingerprint density at radius 2 is 2.00 bits per heavy atom. The molecule has 0 unspecified atom stereocenters. The van der Waals surface area contributed by atoms with Gasteiger partial charge in [-0.05, 0) is 12.5 Å². The Bertz CT molecular complexity index is 367. The molecule has 0 aliphatic rings. The van der Waals surface area contributed by atoms with Gasteiger partial charge in [-0.3, -0.25) is 0 Å². The third kappa shape index (κ3) is 1.60. The van der Waals surface area contributed by atoms with Crippen molar-refractivity contribution in [2.45, 2.75) is 12.3 Å². The minimum Gasteiger partial charge on any atom is -0.468 e. The van der Waals surface area contributed by atoms with Crippen molar-refractivity contribution in [1.29, 1.82) is 5.26 Å². The molecule has 0 heterocycles. The summed E-state index contributed by atoms with van der Waals surface area (Å²) in [5.41, 5.74) is -0.565. The molecule has 0 radical (unpaired) electrons. The molecule has 0 saturated heterocycles. The first-order valence-electron chi connectivity index (χ1n) is 4.20. The van der Waals surface area contributed by atoms with Crippen LogP contribution >= 0.6 is 0 Å². The summed E-state index contributed by atoms with van der Waals surface area (Å²) in [5, 5.41) is 8.99. The van der Waals surface area contributed by atoms with Crippen molar-refractivity contribution >= 4 is 5.97 Å². The summed E-state index contributed by atoms with van der Waals surface area (Å²) in [4.78, 5) is 11.4. The zero-order valence-electron chi connectivity index (χ0n) is 8.15. The molecule has 0 amide bonds. The van der Waals surface area contributed by atoms with E-state index in [-0.39, 0.29) is 0 Å². The smallest absolute Gasteiger partial charge is 0.330 e. The van der Waals surface area contributed by atoms with Gasteiger partial charge in [0.15, 0.2) is 5.41 Å². The van der Waals surface area contributed by atoms with E-state index in [9.17, 15) is 4.79 Å². The van der Waals surface area contributed by atoms with Crippen molar-refractivity contribution in [3.63, 3.8) is 0 Å². The summed E-state index contributed by atoms with van der Waals surface area (Å²) in [6, 6.07) is 10.8. The van der Waals surface area contributed by atoms with Gasteiger partial charge < -0.3 is 4.74 Å². The lowest BCUT2D eigenvalue weighted by molar-refractivity contribution is -0.144. The van der Waals surface area contributed by atoms with Gasteiger partial charge in [-0.15, -0.1) is 0 Å². The summed E-state index contributed by atoms with van der Waals surface area (Å²) in [6.07, 6.45) is 0. The van der Waals surface area contributed by atoms with Gasteiger partial charge in [0.25, 0.3) is 0 Å². The van der Waals surface area contributed by atoms with Gasteiger partial charge in [-0.1, -0.05) is 30.3 Å². The Morgan fingerprint density at radius 3 is 2.43 bits per heavy atom. The highest BCUT2D eigenvalue weighted by atomic mass is 16.5. The molecular weight excluding hydrogens is 178 g/mol. The van der Waals surface area contributed by atoms with E-state index in [0.29, 0.717) is 5.56 Å². The fraction of sp³-hybridized carbons (Fsp3) is 0.273. The van der Waals surface area contributed by atoms with Crippen molar-refractivity contribution in [3.05, 3.63) is 35.9 Å². The van der Waals surface area contributed by atoms with Crippen molar-refractivity contribution in [2.75, 3.05) is 7.11 Å². The van der Waals surface area contributed by atoms with Crippen LogP contribution in [0.3, 0.4) is 0 Å². The standard InChI is InChI=1S/C11H11NO2/c1-11(8-12,10(13)14-2)9-6-4-3-5-7-9/h3-7H,1-2H3/t11-/m1/s1. The molecule has 1 rings (SSSR count). The average molecular weight is 189 g/mol. The van der Waals surface area contributed by atoms with Gasteiger partial charge in [0, 0.05) is 0 Å². The van der Waals surface area contributed by atoms with E-state index >= 15 is 0 Å². The zero-order valence-corrected chi connectivity index (χ0v) is 8.15. The van der Waals surface area contributed by atoms with E-state index in [1.807, 2.05) is 12.1 Å². The van der Waals surface area contributed by atoms with Crippen LogP contribution in [0.25, 0.3) is 0 Å². The maximum atomic E-state index is 11.4. The molecule has 0 aromatic heterocycles.